The van der Waals surface area contributed by atoms with Crippen LogP contribution in [0.15, 0.2) is 60.8 Å². The summed E-state index contributed by atoms with van der Waals surface area (Å²) < 4.78 is 109. The molecule has 3 aromatic carbocycles. The third-order valence-corrected chi connectivity index (χ3v) is 14.2. The van der Waals surface area contributed by atoms with Crippen LogP contribution in [-0.2, 0) is 25.0 Å². The molecule has 2 unspecified atom stereocenters. The Balaban J connectivity index is 0.914. The second-order valence-corrected chi connectivity index (χ2v) is 18.4. The molecule has 2 bridgehead atoms. The van der Waals surface area contributed by atoms with Gasteiger partial charge in [-0.15, -0.1) is 0 Å². The summed E-state index contributed by atoms with van der Waals surface area (Å²) in [6.45, 7) is -3.90. The molecule has 340 valence electrons. The van der Waals surface area contributed by atoms with Gasteiger partial charge in [-0.2, -0.15) is 8.78 Å². The van der Waals surface area contributed by atoms with Gasteiger partial charge in [0.05, 0.1) is 50.6 Å². The summed E-state index contributed by atoms with van der Waals surface area (Å²) in [7, 11) is 2.13. The molecule has 4 heterocycles. The first kappa shape index (κ1) is 34.1. The first-order valence-corrected chi connectivity index (χ1v) is 21.8. The number of amides is 4. The first-order chi connectivity index (χ1) is 34.3. The zero-order chi connectivity index (χ0) is 52.5. The fraction of sp³-hybridized carbons (Fsp3) is 0.469. The fourth-order valence-electron chi connectivity index (χ4n) is 10.7. The number of aromatic amines is 2. The smallest absolute Gasteiger partial charge is 0.407 e. The number of benzene rings is 3. The maximum absolute atomic E-state index is 16.8. The Hall–Kier alpha value is -6.32. The highest BCUT2D eigenvalue weighted by Gasteiger charge is 2.56. The molecule has 6 atom stereocenters. The minimum Gasteiger partial charge on any atom is -0.453 e. The third-order valence-electron chi connectivity index (χ3n) is 14.2. The number of halogens is 2. The standard InChI is InChI=1S/C49H54F2N8O6/c1-24(2)39(56-46(62)64-5)44(60)58-23-48(15-16-48)21-38(58)42-52-22-37(55-42)28-9-13-32-31-12-8-26(18-33(31)49(50,51)34(32)19-28)27-10-14-35-36(20-27)54-43(53-35)41-29-7-11-30(17-29)59(41)45(61)40(25(3)4)57-47(63)65-6/h8-10,12-14,18-20,22,24-25,29-30,38-41H,7,11,15-17,21,23H2,1-6H3,(H,52,55)(H,53,54)(H,56,62)(H,57,63)/t29-,30+,38-,39?,40?,41-/m0/s1/i1D3,2D3,24D,39D. The third kappa shape index (κ3) is 7.19. The van der Waals surface area contributed by atoms with Gasteiger partial charge in [-0.3, -0.25) is 9.59 Å². The molecule has 2 saturated carbocycles. The van der Waals surface area contributed by atoms with Crippen molar-refractivity contribution in [1.82, 2.24) is 40.4 Å². The molecule has 4 amide bonds. The number of nitrogens with one attached hydrogen (secondary N) is 4. The van der Waals surface area contributed by atoms with Gasteiger partial charge in [-0.25, -0.2) is 19.6 Å². The SMILES string of the molecule is [2H]C([2H])([2H])C([2H])(C([2H])([2H])[2H])C([2H])(NC(=O)OC)C(=O)N1CC2(CC2)C[C@H]1c1ncc(-c2ccc3c(c2)C(F)(F)c2cc(-c4ccc5nc([C@@H]6[C@H]7CC[C@H](C7)N6C(=O)C(NC(=O)OC)C(C)C)[nH]c5c4)ccc2-3)[nH]1. The summed E-state index contributed by atoms with van der Waals surface area (Å²) in [5.41, 5.74) is 2.87. The molecule has 16 heteroatoms. The number of H-pyrrole nitrogens is 2. The number of alkyl carbamates (subject to hydrolysis) is 2. The monoisotopic (exact) mass is 896 g/mol. The van der Waals surface area contributed by atoms with E-state index in [9.17, 15) is 19.2 Å². The Morgan fingerprint density at radius 3 is 2.25 bits per heavy atom. The number of hydrogen-bond acceptors (Lipinski definition) is 8. The number of methoxy groups -OCH3 is 2. The zero-order valence-corrected chi connectivity index (χ0v) is 36.2. The lowest BCUT2D eigenvalue weighted by atomic mass is 9.95. The molecular weight excluding hydrogens is 835 g/mol. The summed E-state index contributed by atoms with van der Waals surface area (Å²) >= 11 is 0. The Bertz CT molecular complexity index is 3070. The molecule has 65 heavy (non-hydrogen) atoms. The van der Waals surface area contributed by atoms with E-state index in [4.69, 9.17) is 20.7 Å². The quantitative estimate of drug-likeness (QED) is 0.108. The van der Waals surface area contributed by atoms with E-state index in [1.54, 1.807) is 29.6 Å². The second-order valence-electron chi connectivity index (χ2n) is 18.4. The van der Waals surface area contributed by atoms with E-state index in [0.717, 1.165) is 31.3 Å². The molecule has 1 spiro atoms. The average molecular weight is 897 g/mol. The van der Waals surface area contributed by atoms with Crippen LogP contribution in [0.4, 0.5) is 18.4 Å². The fourth-order valence-corrected chi connectivity index (χ4v) is 10.7. The number of likely N-dealkylation sites (tertiary alicyclic amines) is 2. The zero-order valence-electron chi connectivity index (χ0n) is 44.2. The van der Waals surface area contributed by atoms with Crippen LogP contribution in [0.2, 0.25) is 0 Å². The molecule has 3 aliphatic carbocycles. The van der Waals surface area contributed by atoms with E-state index >= 15 is 8.78 Å². The van der Waals surface area contributed by atoms with Crippen molar-refractivity contribution in [3.8, 4) is 33.5 Å². The van der Waals surface area contributed by atoms with Gasteiger partial charge in [0.15, 0.2) is 0 Å². The number of imidazole rings is 2. The van der Waals surface area contributed by atoms with E-state index in [1.165, 1.54) is 25.4 Å². The maximum Gasteiger partial charge on any atom is 0.407 e. The second kappa shape index (κ2) is 15.7. The van der Waals surface area contributed by atoms with Gasteiger partial charge in [0.2, 0.25) is 11.8 Å². The number of carbonyl (C=O) groups is 4. The van der Waals surface area contributed by atoms with Crippen molar-refractivity contribution in [1.29, 1.82) is 0 Å². The van der Waals surface area contributed by atoms with Gasteiger partial charge < -0.3 is 39.9 Å². The summed E-state index contributed by atoms with van der Waals surface area (Å²) in [4.78, 5) is 72.4. The number of hydrogen-bond donors (Lipinski definition) is 4. The summed E-state index contributed by atoms with van der Waals surface area (Å²) in [5, 5.41) is 4.50. The van der Waals surface area contributed by atoms with E-state index in [-0.39, 0.29) is 59.7 Å². The molecule has 10 rings (SSSR count). The number of rotatable bonds is 10. The van der Waals surface area contributed by atoms with Gasteiger partial charge in [0.1, 0.15) is 23.7 Å². The van der Waals surface area contributed by atoms with Gasteiger partial charge in [-0.1, -0.05) is 57.9 Å². The number of alkyl halides is 2. The molecule has 4 fully saturated rings. The topological polar surface area (TPSA) is 175 Å². The number of carbonyl (C=O) groups excluding carboxylic acids is 4. The van der Waals surface area contributed by atoms with E-state index in [1.807, 2.05) is 36.9 Å². The molecule has 4 N–H and O–H groups in total. The predicted octanol–water partition coefficient (Wildman–Crippen LogP) is 8.61. The lowest BCUT2D eigenvalue weighted by Crippen LogP contribution is -2.54. The summed E-state index contributed by atoms with van der Waals surface area (Å²) in [5.74, 6) is -8.24. The number of nitrogens with zero attached hydrogens (tertiary/aromatic N) is 4. The van der Waals surface area contributed by atoms with Crippen LogP contribution < -0.4 is 10.6 Å². The van der Waals surface area contributed by atoms with Crippen molar-refractivity contribution in [2.45, 2.75) is 102 Å². The molecular formula is C49H54F2N8O6. The van der Waals surface area contributed by atoms with Crippen molar-refractivity contribution in [2.24, 2.45) is 23.1 Å². The van der Waals surface area contributed by atoms with Crippen molar-refractivity contribution >= 4 is 35.0 Å². The van der Waals surface area contributed by atoms with E-state index in [0.29, 0.717) is 63.2 Å². The van der Waals surface area contributed by atoms with Crippen molar-refractivity contribution in [3.63, 3.8) is 0 Å². The molecule has 2 aromatic heterocycles. The van der Waals surface area contributed by atoms with Crippen molar-refractivity contribution < 1.29 is 48.4 Å². The van der Waals surface area contributed by atoms with Gasteiger partial charge in [-0.05, 0) is 108 Å². The van der Waals surface area contributed by atoms with Crippen LogP contribution in [0.3, 0.4) is 0 Å². The largest absolute Gasteiger partial charge is 0.453 e. The molecule has 2 aliphatic heterocycles. The number of aromatic nitrogens is 4. The van der Waals surface area contributed by atoms with Crippen LogP contribution in [0, 0.1) is 23.1 Å². The normalized spacial score (nSPS) is 25.8. The number of piperidine rings is 1. The van der Waals surface area contributed by atoms with Crippen LogP contribution in [0.25, 0.3) is 44.5 Å². The number of ether oxygens (including phenoxy) is 2. The van der Waals surface area contributed by atoms with Crippen LogP contribution >= 0.6 is 0 Å². The van der Waals surface area contributed by atoms with Gasteiger partial charge in [0.25, 0.3) is 5.92 Å². The Morgan fingerprint density at radius 1 is 0.877 bits per heavy atom. The molecule has 0 radical (unpaired) electrons. The molecule has 14 nitrogen and oxygen atoms in total. The minimum atomic E-state index is -3.87. The lowest BCUT2D eigenvalue weighted by molar-refractivity contribution is -0.139. The predicted molar refractivity (Wildman–Crippen MR) is 237 cm³/mol. The van der Waals surface area contributed by atoms with E-state index < -0.39 is 67.1 Å². The molecule has 5 aliphatic rings. The van der Waals surface area contributed by atoms with Crippen LogP contribution in [-0.4, -0.2) is 92.6 Å². The minimum absolute atomic E-state index is 0.000115. The Morgan fingerprint density at radius 2 is 1.55 bits per heavy atom. The lowest BCUT2D eigenvalue weighted by Gasteiger charge is -2.37. The van der Waals surface area contributed by atoms with Crippen LogP contribution in [0.1, 0.15) is 112 Å². The van der Waals surface area contributed by atoms with E-state index in [2.05, 4.69) is 25.0 Å². The van der Waals surface area contributed by atoms with Gasteiger partial charge in [0, 0.05) is 38.9 Å². The highest BCUT2D eigenvalue weighted by atomic mass is 19.3. The Kier molecular flexibility index (Phi) is 8.23. The van der Waals surface area contributed by atoms with Crippen LogP contribution in [0.5, 0.6) is 0 Å². The highest BCUT2D eigenvalue weighted by molar-refractivity contribution is 5.89. The average Bonchev–Trinajstić information content (AvgIpc) is 4.00. The summed E-state index contributed by atoms with van der Waals surface area (Å²) in [6.07, 6.45) is 3.35. The van der Waals surface area contributed by atoms with Crippen molar-refractivity contribution in [3.05, 3.63) is 83.6 Å². The van der Waals surface area contributed by atoms with Crippen molar-refractivity contribution in [2.75, 3.05) is 20.8 Å². The van der Waals surface area contributed by atoms with Gasteiger partial charge >= 0.3 is 12.2 Å². The first-order valence-electron chi connectivity index (χ1n) is 25.8. The number of fused-ring (bicyclic) bond motifs is 6. The molecule has 2 saturated heterocycles. The Labute approximate surface area is 386 Å². The highest BCUT2D eigenvalue weighted by Crippen LogP contribution is 2.59. The summed E-state index contributed by atoms with van der Waals surface area (Å²) in [6, 6.07) is 9.26. The molecule has 5 aromatic rings. The maximum atomic E-state index is 16.8.